The fraction of sp³-hybridized carbons (Fsp3) is 1.00. The molecule has 0 saturated carbocycles. The number of hydrogen-bond donors (Lipinski definition) is 1. The van der Waals surface area contributed by atoms with Gasteiger partial charge in [0.15, 0.2) is 0 Å². The molecule has 0 aliphatic carbocycles. The summed E-state index contributed by atoms with van der Waals surface area (Å²) in [4.78, 5) is 0. The van der Waals surface area contributed by atoms with Crippen LogP contribution in [0.4, 0.5) is 0 Å². The van der Waals surface area contributed by atoms with Gasteiger partial charge in [0.25, 0.3) is 9.05 Å². The zero-order valence-electron chi connectivity index (χ0n) is 5.18. The van der Waals surface area contributed by atoms with Crippen molar-refractivity contribution in [1.82, 2.24) is 5.32 Å². The molecule has 0 aromatic carbocycles. The van der Waals surface area contributed by atoms with Crippen molar-refractivity contribution in [3.63, 3.8) is 0 Å². The van der Waals surface area contributed by atoms with Crippen LogP contribution in [-0.4, -0.2) is 20.1 Å². The molecule has 56 valence electrons. The number of rotatable bonds is 2. The third kappa shape index (κ3) is 2.38. The quantitative estimate of drug-likeness (QED) is 0.503. The van der Waals surface area contributed by atoms with Gasteiger partial charge in [-0.2, -0.15) is 0 Å². The minimum Gasteiger partial charge on any atom is -0.298 e. The minimum absolute atomic E-state index is 1.12. The van der Waals surface area contributed by atoms with E-state index in [0.717, 1.165) is 0 Å². The van der Waals surface area contributed by atoms with Crippen molar-refractivity contribution in [1.29, 1.82) is 0 Å². The predicted molar refractivity (Wildman–Crippen MR) is 41.9 cm³/mol. The maximum atomic E-state index is 10.6. The van der Waals surface area contributed by atoms with Gasteiger partial charge in [-0.1, -0.05) is 9.24 Å². The second-order valence-corrected chi connectivity index (χ2v) is 6.31. The Bertz CT molecular complexity index is 188. The molecule has 2 unspecified atom stereocenters. The molecule has 0 aromatic heterocycles. The Balaban J connectivity index is 4.56. The molecule has 6 heteroatoms. The zero-order valence-corrected chi connectivity index (χ0v) is 7.91. The standard InChI is InChI=1S/C3H9ClNO2PS/c1-3(8,5-2)9(4,6)7/h5H,8H2,1-2H3. The second-order valence-electron chi connectivity index (χ2n) is 1.79. The Kier molecular flexibility index (Phi) is 2.89. The summed E-state index contributed by atoms with van der Waals surface area (Å²) in [5, 5.41) is 2.52. The highest BCUT2D eigenvalue weighted by Crippen LogP contribution is 2.24. The molecule has 1 N–H and O–H groups in total. The maximum Gasteiger partial charge on any atom is 0.254 e. The van der Waals surface area contributed by atoms with Crippen LogP contribution in [0.2, 0.25) is 0 Å². The molecule has 0 fully saturated rings. The molecule has 0 spiro atoms. The molecular weight excluding hydrogens is 181 g/mol. The molecule has 0 heterocycles. The maximum absolute atomic E-state index is 10.6. The van der Waals surface area contributed by atoms with Crippen molar-refractivity contribution in [2.45, 2.75) is 11.5 Å². The molecule has 0 aliphatic rings. The molecule has 0 saturated heterocycles. The van der Waals surface area contributed by atoms with Crippen LogP contribution in [0.25, 0.3) is 0 Å². The van der Waals surface area contributed by atoms with Crippen LogP contribution < -0.4 is 5.32 Å². The van der Waals surface area contributed by atoms with Gasteiger partial charge in [-0.3, -0.25) is 5.32 Å². The molecule has 0 bridgehead atoms. The SMILES string of the molecule is CNC(C)(P)S(=O)(=O)Cl. The second kappa shape index (κ2) is 2.70. The van der Waals surface area contributed by atoms with Gasteiger partial charge in [-0.05, 0) is 14.0 Å². The third-order valence-electron chi connectivity index (χ3n) is 1.00. The first-order valence-corrected chi connectivity index (χ1v) is 5.12. The summed E-state index contributed by atoms with van der Waals surface area (Å²) < 4.78 is 20.0. The van der Waals surface area contributed by atoms with Crippen molar-refractivity contribution >= 4 is 29.0 Å². The molecule has 0 rings (SSSR count). The highest BCUT2D eigenvalue weighted by molar-refractivity contribution is 8.17. The van der Waals surface area contributed by atoms with E-state index in [0.29, 0.717) is 0 Å². The summed E-state index contributed by atoms with van der Waals surface area (Å²) in [5.74, 6) is 0. The van der Waals surface area contributed by atoms with Gasteiger partial charge in [0.05, 0.1) is 0 Å². The van der Waals surface area contributed by atoms with Crippen LogP contribution in [0, 0.1) is 0 Å². The van der Waals surface area contributed by atoms with Crippen LogP contribution in [-0.2, 0) is 9.05 Å². The van der Waals surface area contributed by atoms with Gasteiger partial charge >= 0.3 is 0 Å². The Hall–Kier alpha value is 0.630. The van der Waals surface area contributed by atoms with Crippen molar-refractivity contribution in [3.8, 4) is 0 Å². The van der Waals surface area contributed by atoms with Crippen molar-refractivity contribution < 1.29 is 8.42 Å². The predicted octanol–water partition coefficient (Wildman–Crippen LogP) is 0.323. The molecule has 0 amide bonds. The van der Waals surface area contributed by atoms with E-state index in [1.165, 1.54) is 14.0 Å². The lowest BCUT2D eigenvalue weighted by Gasteiger charge is -2.18. The van der Waals surface area contributed by atoms with Gasteiger partial charge in [0, 0.05) is 10.7 Å². The van der Waals surface area contributed by atoms with Crippen molar-refractivity contribution in [2.75, 3.05) is 7.05 Å². The Morgan fingerprint density at radius 1 is 1.67 bits per heavy atom. The normalized spacial score (nSPS) is 19.1. The fourth-order valence-corrected chi connectivity index (χ4v) is 0.597. The van der Waals surface area contributed by atoms with E-state index < -0.39 is 13.7 Å². The molecule has 0 aliphatic heterocycles. The average Bonchev–Trinajstić information content (AvgIpc) is 1.64. The van der Waals surface area contributed by atoms with E-state index in [1.807, 2.05) is 0 Å². The van der Waals surface area contributed by atoms with Crippen molar-refractivity contribution in [3.05, 3.63) is 0 Å². The summed E-state index contributed by atoms with van der Waals surface area (Å²) >= 11 is 0. The summed E-state index contributed by atoms with van der Waals surface area (Å²) in [5.41, 5.74) is 0. The molecule has 2 atom stereocenters. The Labute approximate surface area is 61.8 Å². The van der Waals surface area contributed by atoms with E-state index >= 15 is 0 Å². The average molecular weight is 190 g/mol. The summed E-state index contributed by atoms with van der Waals surface area (Å²) in [7, 11) is 5.11. The first kappa shape index (κ1) is 9.63. The van der Waals surface area contributed by atoms with E-state index in [4.69, 9.17) is 10.7 Å². The lowest BCUT2D eigenvalue weighted by Crippen LogP contribution is -2.38. The Morgan fingerprint density at radius 3 is 2.00 bits per heavy atom. The monoisotopic (exact) mass is 189 g/mol. The zero-order chi connectivity index (χ0) is 7.71. The van der Waals surface area contributed by atoms with Crippen LogP contribution in [0.5, 0.6) is 0 Å². The summed E-state index contributed by atoms with van der Waals surface area (Å²) in [6.07, 6.45) is 0. The van der Waals surface area contributed by atoms with Crippen LogP contribution in [0.3, 0.4) is 0 Å². The van der Waals surface area contributed by atoms with Crippen molar-refractivity contribution in [2.24, 2.45) is 0 Å². The fourth-order valence-electron chi connectivity index (χ4n) is 0.122. The van der Waals surface area contributed by atoms with Crippen LogP contribution in [0.1, 0.15) is 6.92 Å². The van der Waals surface area contributed by atoms with E-state index in [-0.39, 0.29) is 0 Å². The molecule has 9 heavy (non-hydrogen) atoms. The van der Waals surface area contributed by atoms with Gasteiger partial charge in [-0.25, -0.2) is 8.42 Å². The first-order valence-electron chi connectivity index (χ1n) is 2.23. The lowest BCUT2D eigenvalue weighted by atomic mass is 10.7. The van der Waals surface area contributed by atoms with Gasteiger partial charge in [-0.15, -0.1) is 0 Å². The number of hydrogen-bond acceptors (Lipinski definition) is 3. The number of halogens is 1. The molecule has 0 aromatic rings. The van der Waals surface area contributed by atoms with Gasteiger partial charge in [0.2, 0.25) is 0 Å². The molecule has 0 radical (unpaired) electrons. The minimum atomic E-state index is -3.53. The third-order valence-corrected chi connectivity index (χ3v) is 4.85. The first-order chi connectivity index (χ1) is 3.81. The van der Waals surface area contributed by atoms with E-state index in [2.05, 4.69) is 14.6 Å². The smallest absolute Gasteiger partial charge is 0.254 e. The van der Waals surface area contributed by atoms with Crippen LogP contribution in [0.15, 0.2) is 0 Å². The van der Waals surface area contributed by atoms with E-state index in [9.17, 15) is 8.42 Å². The summed E-state index contributed by atoms with van der Waals surface area (Å²) in [6, 6.07) is 0. The summed E-state index contributed by atoms with van der Waals surface area (Å²) in [6.45, 7) is 1.46. The van der Waals surface area contributed by atoms with Gasteiger partial charge in [0.1, 0.15) is 4.61 Å². The Morgan fingerprint density at radius 2 is 2.00 bits per heavy atom. The highest BCUT2D eigenvalue weighted by atomic mass is 35.7. The lowest BCUT2D eigenvalue weighted by molar-refractivity contribution is 0.576. The largest absolute Gasteiger partial charge is 0.298 e. The molecule has 3 nitrogen and oxygen atoms in total. The topological polar surface area (TPSA) is 46.2 Å². The van der Waals surface area contributed by atoms with E-state index in [1.54, 1.807) is 0 Å². The molecular formula is C3H9ClNO2PS. The highest BCUT2D eigenvalue weighted by Gasteiger charge is 2.30. The number of nitrogens with one attached hydrogen (secondary N) is 1. The van der Waals surface area contributed by atoms with Gasteiger partial charge < -0.3 is 0 Å². The van der Waals surface area contributed by atoms with Crippen LogP contribution >= 0.6 is 19.9 Å².